The number of aliphatic hydroxyl groups is 1. The number of anilines is 1. The number of hydrogen-bond acceptors (Lipinski definition) is 3. The number of rotatable bonds is 7. The van der Waals surface area contributed by atoms with E-state index in [0.29, 0.717) is 17.0 Å². The van der Waals surface area contributed by atoms with Gasteiger partial charge in [0.2, 0.25) is 5.91 Å². The van der Waals surface area contributed by atoms with Gasteiger partial charge in [0.1, 0.15) is 24.0 Å². The molecule has 0 aliphatic heterocycles. The number of amides is 1. The first-order chi connectivity index (χ1) is 11.1. The van der Waals surface area contributed by atoms with E-state index in [-0.39, 0.29) is 32.0 Å². The number of aliphatic hydroxyl groups excluding tert-OH is 1. The minimum absolute atomic E-state index is 0.0710. The quantitative estimate of drug-likeness (QED) is 0.824. The first-order valence-corrected chi connectivity index (χ1v) is 7.16. The molecule has 2 aromatic rings. The predicted octanol–water partition coefficient (Wildman–Crippen LogP) is 2.91. The lowest BCUT2D eigenvalue weighted by Gasteiger charge is -2.08. The van der Waals surface area contributed by atoms with Gasteiger partial charge in [-0.15, -0.1) is 0 Å². The predicted molar refractivity (Wildman–Crippen MR) is 82.3 cm³/mol. The van der Waals surface area contributed by atoms with Gasteiger partial charge in [-0.1, -0.05) is 6.07 Å². The SMILES string of the molecule is O=C(CCc1ccc(F)cc1F)Nc1ccc(OCCO)cc1. The summed E-state index contributed by atoms with van der Waals surface area (Å²) in [6.45, 7) is 0.132. The Morgan fingerprint density at radius 3 is 2.52 bits per heavy atom. The van der Waals surface area contributed by atoms with E-state index in [0.717, 1.165) is 6.07 Å². The van der Waals surface area contributed by atoms with Crippen LogP contribution < -0.4 is 10.1 Å². The first kappa shape index (κ1) is 16.9. The van der Waals surface area contributed by atoms with E-state index in [4.69, 9.17) is 9.84 Å². The molecule has 0 heterocycles. The Kier molecular flexibility index (Phi) is 6.05. The summed E-state index contributed by atoms with van der Waals surface area (Å²) >= 11 is 0. The van der Waals surface area contributed by atoms with Gasteiger partial charge in [0.25, 0.3) is 0 Å². The summed E-state index contributed by atoms with van der Waals surface area (Å²) in [4.78, 5) is 11.8. The Labute approximate surface area is 132 Å². The van der Waals surface area contributed by atoms with Gasteiger partial charge in [-0.2, -0.15) is 0 Å². The molecule has 2 N–H and O–H groups in total. The third-order valence-corrected chi connectivity index (χ3v) is 3.13. The van der Waals surface area contributed by atoms with E-state index in [2.05, 4.69) is 5.32 Å². The van der Waals surface area contributed by atoms with Gasteiger partial charge < -0.3 is 15.2 Å². The molecule has 0 aliphatic carbocycles. The van der Waals surface area contributed by atoms with Crippen LogP contribution >= 0.6 is 0 Å². The normalized spacial score (nSPS) is 10.4. The van der Waals surface area contributed by atoms with Gasteiger partial charge in [0, 0.05) is 18.2 Å². The number of benzene rings is 2. The van der Waals surface area contributed by atoms with E-state index in [1.807, 2.05) is 0 Å². The summed E-state index contributed by atoms with van der Waals surface area (Å²) < 4.78 is 31.5. The summed E-state index contributed by atoms with van der Waals surface area (Å²) in [5.74, 6) is -0.967. The number of carbonyl (C=O) groups excluding carboxylic acids is 1. The molecule has 4 nitrogen and oxygen atoms in total. The van der Waals surface area contributed by atoms with Gasteiger partial charge in [-0.25, -0.2) is 8.78 Å². The second-order valence-electron chi connectivity index (χ2n) is 4.88. The van der Waals surface area contributed by atoms with Crippen molar-refractivity contribution in [2.75, 3.05) is 18.5 Å². The molecule has 0 radical (unpaired) electrons. The summed E-state index contributed by atoms with van der Waals surface area (Å²) in [6.07, 6.45) is 0.279. The summed E-state index contributed by atoms with van der Waals surface area (Å²) in [5, 5.41) is 11.3. The number of hydrogen-bond donors (Lipinski definition) is 2. The second-order valence-corrected chi connectivity index (χ2v) is 4.88. The lowest BCUT2D eigenvalue weighted by molar-refractivity contribution is -0.116. The van der Waals surface area contributed by atoms with Crippen molar-refractivity contribution in [3.8, 4) is 5.75 Å². The third kappa shape index (κ3) is 5.34. The van der Waals surface area contributed by atoms with Crippen LogP contribution in [0.1, 0.15) is 12.0 Å². The van der Waals surface area contributed by atoms with E-state index >= 15 is 0 Å². The molecule has 6 heteroatoms. The topological polar surface area (TPSA) is 58.6 Å². The zero-order valence-electron chi connectivity index (χ0n) is 12.4. The Hall–Kier alpha value is -2.47. The third-order valence-electron chi connectivity index (χ3n) is 3.13. The Morgan fingerprint density at radius 2 is 1.87 bits per heavy atom. The van der Waals surface area contributed by atoms with Crippen LogP contribution in [0.5, 0.6) is 5.75 Å². The van der Waals surface area contributed by atoms with Crippen LogP contribution in [0.25, 0.3) is 0 Å². The molecule has 0 atom stereocenters. The van der Waals surface area contributed by atoms with Gasteiger partial charge >= 0.3 is 0 Å². The zero-order chi connectivity index (χ0) is 16.7. The van der Waals surface area contributed by atoms with Crippen LogP contribution in [-0.2, 0) is 11.2 Å². The minimum atomic E-state index is -0.650. The van der Waals surface area contributed by atoms with Gasteiger partial charge in [-0.05, 0) is 42.3 Å². The van der Waals surface area contributed by atoms with Gasteiger partial charge in [0.05, 0.1) is 6.61 Å². The largest absolute Gasteiger partial charge is 0.491 e. The van der Waals surface area contributed by atoms with Crippen molar-refractivity contribution in [2.24, 2.45) is 0 Å². The Balaban J connectivity index is 1.84. The van der Waals surface area contributed by atoms with Crippen LogP contribution in [0.2, 0.25) is 0 Å². The van der Waals surface area contributed by atoms with E-state index < -0.39 is 11.6 Å². The van der Waals surface area contributed by atoms with Crippen molar-refractivity contribution in [3.05, 3.63) is 59.7 Å². The number of aryl methyl sites for hydroxylation is 1. The van der Waals surface area contributed by atoms with Gasteiger partial charge in [0.15, 0.2) is 0 Å². The molecule has 0 unspecified atom stereocenters. The maximum Gasteiger partial charge on any atom is 0.224 e. The summed E-state index contributed by atoms with van der Waals surface area (Å²) in [7, 11) is 0. The van der Waals surface area contributed by atoms with Crippen LogP contribution in [0, 0.1) is 11.6 Å². The molecule has 2 aromatic carbocycles. The first-order valence-electron chi connectivity index (χ1n) is 7.16. The van der Waals surface area contributed by atoms with Crippen LogP contribution in [0.4, 0.5) is 14.5 Å². The highest BCUT2D eigenvalue weighted by Gasteiger charge is 2.08. The summed E-state index contributed by atoms with van der Waals surface area (Å²) in [5.41, 5.74) is 0.889. The lowest BCUT2D eigenvalue weighted by atomic mass is 10.1. The van der Waals surface area contributed by atoms with Crippen molar-refractivity contribution >= 4 is 11.6 Å². The maximum absolute atomic E-state index is 13.5. The van der Waals surface area contributed by atoms with Crippen molar-refractivity contribution in [1.82, 2.24) is 0 Å². The molecule has 0 bridgehead atoms. The molecule has 0 saturated carbocycles. The zero-order valence-corrected chi connectivity index (χ0v) is 12.4. The van der Waals surface area contributed by atoms with E-state index in [9.17, 15) is 13.6 Å². The lowest BCUT2D eigenvalue weighted by Crippen LogP contribution is -2.12. The Bertz CT molecular complexity index is 659. The Morgan fingerprint density at radius 1 is 1.13 bits per heavy atom. The summed E-state index contributed by atoms with van der Waals surface area (Å²) in [6, 6.07) is 9.99. The molecule has 0 spiro atoms. The van der Waals surface area contributed by atoms with Crippen LogP contribution in [0.15, 0.2) is 42.5 Å². The highest BCUT2D eigenvalue weighted by atomic mass is 19.1. The molecule has 122 valence electrons. The molecular formula is C17H17F2NO3. The highest BCUT2D eigenvalue weighted by Crippen LogP contribution is 2.16. The highest BCUT2D eigenvalue weighted by molar-refractivity contribution is 5.90. The molecule has 1 amide bonds. The molecule has 23 heavy (non-hydrogen) atoms. The molecule has 0 fully saturated rings. The average Bonchev–Trinajstić information content (AvgIpc) is 2.53. The standard InChI is InChI=1S/C17H17F2NO3/c18-13-3-1-12(16(19)11-13)2-8-17(22)20-14-4-6-15(7-5-14)23-10-9-21/h1,3-7,11,21H,2,8-10H2,(H,20,22). The molecule has 0 saturated heterocycles. The number of ether oxygens (including phenoxy) is 1. The smallest absolute Gasteiger partial charge is 0.224 e. The fourth-order valence-electron chi connectivity index (χ4n) is 1.99. The fourth-order valence-corrected chi connectivity index (χ4v) is 1.99. The number of halogens is 2. The van der Waals surface area contributed by atoms with Crippen molar-refractivity contribution < 1.29 is 23.4 Å². The maximum atomic E-state index is 13.5. The van der Waals surface area contributed by atoms with Crippen molar-refractivity contribution in [2.45, 2.75) is 12.8 Å². The molecule has 2 rings (SSSR count). The monoisotopic (exact) mass is 321 g/mol. The van der Waals surface area contributed by atoms with Crippen LogP contribution in [0.3, 0.4) is 0 Å². The average molecular weight is 321 g/mol. The number of carbonyl (C=O) groups is 1. The van der Waals surface area contributed by atoms with Crippen LogP contribution in [-0.4, -0.2) is 24.2 Å². The number of nitrogens with one attached hydrogen (secondary N) is 1. The van der Waals surface area contributed by atoms with Crippen molar-refractivity contribution in [1.29, 1.82) is 0 Å². The molecular weight excluding hydrogens is 304 g/mol. The molecule has 0 aromatic heterocycles. The fraction of sp³-hybridized carbons (Fsp3) is 0.235. The van der Waals surface area contributed by atoms with E-state index in [1.165, 1.54) is 12.1 Å². The van der Waals surface area contributed by atoms with Crippen molar-refractivity contribution in [3.63, 3.8) is 0 Å². The van der Waals surface area contributed by atoms with Gasteiger partial charge in [-0.3, -0.25) is 4.79 Å². The second kappa shape index (κ2) is 8.24. The minimum Gasteiger partial charge on any atom is -0.491 e. The van der Waals surface area contributed by atoms with E-state index in [1.54, 1.807) is 24.3 Å². The molecule has 0 aliphatic rings.